The van der Waals surface area contributed by atoms with E-state index in [1.165, 1.54) is 5.38 Å². The number of hydrogen-bond donors (Lipinski definition) is 2. The second-order valence-electron chi connectivity index (χ2n) is 2.78. The first-order valence-corrected chi connectivity index (χ1v) is 4.99. The van der Waals surface area contributed by atoms with E-state index in [9.17, 15) is 9.59 Å². The van der Waals surface area contributed by atoms with Gasteiger partial charge in [0.15, 0.2) is 0 Å². The molecule has 0 aliphatic carbocycles. The Bertz CT molecular complexity index is 585. The highest BCUT2D eigenvalue weighted by Gasteiger charge is 2.18. The monoisotopic (exact) mass is 248 g/mol. The average Bonchev–Trinajstić information content (AvgIpc) is 2.66. The highest BCUT2D eigenvalue weighted by atomic mass is 32.1. The lowest BCUT2D eigenvalue weighted by atomic mass is 10.1. The Morgan fingerprint density at radius 3 is 2.24 bits per heavy atom. The van der Waals surface area contributed by atoms with Crippen LogP contribution < -0.4 is 0 Å². The Morgan fingerprint density at radius 2 is 1.82 bits per heavy atom. The van der Waals surface area contributed by atoms with Crippen molar-refractivity contribution >= 4 is 29.4 Å². The molecule has 0 unspecified atom stereocenters. The average molecular weight is 248 g/mol. The van der Waals surface area contributed by atoms with E-state index in [-0.39, 0.29) is 16.0 Å². The minimum atomic E-state index is -1.60. The summed E-state index contributed by atoms with van der Waals surface area (Å²) >= 11 is 0.940. The van der Waals surface area contributed by atoms with Gasteiger partial charge in [0.25, 0.3) is 0 Å². The van der Waals surface area contributed by atoms with Crippen molar-refractivity contribution in [3.8, 4) is 12.1 Å². The Hall–Kier alpha value is -2.64. The predicted octanol–water partition coefficient (Wildman–Crippen LogP) is 1.04. The first kappa shape index (κ1) is 12.4. The van der Waals surface area contributed by atoms with Crippen LogP contribution in [0.5, 0.6) is 0 Å². The summed E-state index contributed by atoms with van der Waals surface area (Å²) in [5.74, 6) is -3.21. The quantitative estimate of drug-likeness (QED) is 0.468. The van der Waals surface area contributed by atoms with Crippen molar-refractivity contribution < 1.29 is 19.8 Å². The van der Waals surface area contributed by atoms with Gasteiger partial charge in [-0.25, -0.2) is 9.59 Å². The van der Waals surface area contributed by atoms with Crippen molar-refractivity contribution in [1.82, 2.24) is 0 Å². The largest absolute Gasteiger partial charge is 0.477 e. The van der Waals surface area contributed by atoms with Gasteiger partial charge in [-0.1, -0.05) is 0 Å². The van der Waals surface area contributed by atoms with Crippen LogP contribution in [-0.2, 0) is 9.59 Å². The van der Waals surface area contributed by atoms with Crippen molar-refractivity contribution in [2.24, 2.45) is 0 Å². The summed E-state index contributed by atoms with van der Waals surface area (Å²) in [4.78, 5) is 21.4. The Morgan fingerprint density at radius 1 is 1.24 bits per heavy atom. The number of carboxylic acid groups (broad SMARTS) is 2. The molecule has 84 valence electrons. The van der Waals surface area contributed by atoms with Gasteiger partial charge in [0.05, 0.1) is 11.1 Å². The topological polar surface area (TPSA) is 122 Å². The first-order chi connectivity index (χ1) is 8.01. The molecule has 0 saturated heterocycles. The van der Waals surface area contributed by atoms with Gasteiger partial charge in [0.1, 0.15) is 17.7 Å². The molecule has 6 nitrogen and oxygen atoms in total. The van der Waals surface area contributed by atoms with Crippen molar-refractivity contribution in [2.75, 3.05) is 0 Å². The molecular formula is C10H4N2O4S. The van der Waals surface area contributed by atoms with E-state index in [0.717, 1.165) is 17.4 Å². The third kappa shape index (κ3) is 2.48. The number of carboxylic acids is 2. The maximum atomic E-state index is 10.6. The van der Waals surface area contributed by atoms with Crippen LogP contribution in [0.25, 0.3) is 6.08 Å². The molecule has 1 aromatic rings. The third-order valence-corrected chi connectivity index (χ3v) is 2.72. The minimum absolute atomic E-state index is 0.0162. The standard InChI is InChI=1S/C10H4N2O4S/c11-2-5-4-17-8(7(5)3-12)1-6(9(13)14)10(15)16/h1,4H,(H,13,14)(H,15,16). The van der Waals surface area contributed by atoms with Crippen LogP contribution in [0, 0.1) is 22.7 Å². The van der Waals surface area contributed by atoms with Gasteiger partial charge in [-0.05, 0) is 6.08 Å². The smallest absolute Gasteiger partial charge is 0.343 e. The van der Waals surface area contributed by atoms with Gasteiger partial charge in [0.2, 0.25) is 0 Å². The van der Waals surface area contributed by atoms with Crippen LogP contribution in [-0.4, -0.2) is 22.2 Å². The van der Waals surface area contributed by atoms with E-state index in [1.807, 2.05) is 0 Å². The Labute approximate surface area is 99.3 Å². The van der Waals surface area contributed by atoms with Crippen molar-refractivity contribution in [3.63, 3.8) is 0 Å². The number of thiophene rings is 1. The first-order valence-electron chi connectivity index (χ1n) is 4.11. The van der Waals surface area contributed by atoms with Crippen LogP contribution in [0.1, 0.15) is 16.0 Å². The molecule has 0 saturated carbocycles. The molecule has 1 rings (SSSR count). The van der Waals surface area contributed by atoms with Crippen molar-refractivity contribution in [2.45, 2.75) is 0 Å². The number of nitriles is 2. The number of nitrogens with zero attached hydrogens (tertiary/aromatic N) is 2. The van der Waals surface area contributed by atoms with Crippen LogP contribution in [0.4, 0.5) is 0 Å². The van der Waals surface area contributed by atoms with E-state index in [0.29, 0.717) is 0 Å². The molecule has 7 heteroatoms. The molecule has 0 atom stereocenters. The summed E-state index contributed by atoms with van der Waals surface area (Å²) in [7, 11) is 0. The van der Waals surface area contributed by atoms with Crippen molar-refractivity contribution in [3.05, 3.63) is 27.0 Å². The number of aliphatic carboxylic acids is 2. The van der Waals surface area contributed by atoms with Crippen LogP contribution in [0.3, 0.4) is 0 Å². The molecule has 0 fully saturated rings. The van der Waals surface area contributed by atoms with E-state index < -0.39 is 17.5 Å². The maximum Gasteiger partial charge on any atom is 0.343 e. The molecule has 2 N–H and O–H groups in total. The van der Waals surface area contributed by atoms with Gasteiger partial charge in [0, 0.05) is 10.3 Å². The van der Waals surface area contributed by atoms with Crippen LogP contribution >= 0.6 is 11.3 Å². The zero-order valence-electron chi connectivity index (χ0n) is 8.17. The lowest BCUT2D eigenvalue weighted by Gasteiger charge is -1.94. The molecule has 0 amide bonds. The van der Waals surface area contributed by atoms with Crippen molar-refractivity contribution in [1.29, 1.82) is 10.5 Å². The van der Waals surface area contributed by atoms with Gasteiger partial charge in [-0.15, -0.1) is 11.3 Å². The van der Waals surface area contributed by atoms with E-state index in [1.54, 1.807) is 12.1 Å². The summed E-state index contributed by atoms with van der Waals surface area (Å²) in [6.45, 7) is 0. The normalized spacial score (nSPS) is 8.82. The minimum Gasteiger partial charge on any atom is -0.477 e. The molecule has 17 heavy (non-hydrogen) atoms. The fraction of sp³-hybridized carbons (Fsp3) is 0. The fourth-order valence-corrected chi connectivity index (χ4v) is 1.90. The highest BCUT2D eigenvalue weighted by Crippen LogP contribution is 2.24. The summed E-state index contributed by atoms with van der Waals surface area (Å²) in [6, 6.07) is 3.50. The fourth-order valence-electron chi connectivity index (χ4n) is 1.02. The molecule has 0 bridgehead atoms. The second-order valence-corrected chi connectivity index (χ2v) is 3.69. The molecular weight excluding hydrogens is 244 g/mol. The number of hydrogen-bond acceptors (Lipinski definition) is 5. The number of rotatable bonds is 3. The molecule has 0 aliphatic heterocycles. The highest BCUT2D eigenvalue weighted by molar-refractivity contribution is 7.11. The van der Waals surface area contributed by atoms with Crippen LogP contribution in [0.2, 0.25) is 0 Å². The van der Waals surface area contributed by atoms with Crippen LogP contribution in [0.15, 0.2) is 11.0 Å². The molecule has 0 spiro atoms. The van der Waals surface area contributed by atoms with Gasteiger partial charge in [-0.3, -0.25) is 0 Å². The van der Waals surface area contributed by atoms with Gasteiger partial charge >= 0.3 is 11.9 Å². The zero-order chi connectivity index (χ0) is 13.0. The summed E-state index contributed by atoms with van der Waals surface area (Å²) < 4.78 is 0. The number of carbonyl (C=O) groups is 2. The second kappa shape index (κ2) is 4.92. The summed E-state index contributed by atoms with van der Waals surface area (Å²) in [5.41, 5.74) is -0.774. The molecule has 0 radical (unpaired) electrons. The van der Waals surface area contributed by atoms with E-state index in [4.69, 9.17) is 20.7 Å². The van der Waals surface area contributed by atoms with Gasteiger partial charge in [-0.2, -0.15) is 10.5 Å². The van der Waals surface area contributed by atoms with E-state index in [2.05, 4.69) is 0 Å². The lowest BCUT2D eigenvalue weighted by Crippen LogP contribution is -2.10. The molecule has 0 aliphatic rings. The maximum absolute atomic E-state index is 10.6. The Balaban J connectivity index is 3.37. The van der Waals surface area contributed by atoms with Gasteiger partial charge < -0.3 is 10.2 Å². The zero-order valence-corrected chi connectivity index (χ0v) is 8.98. The molecule has 1 heterocycles. The summed E-state index contributed by atoms with van der Waals surface area (Å²) in [6.07, 6.45) is 0.870. The third-order valence-electron chi connectivity index (χ3n) is 1.79. The summed E-state index contributed by atoms with van der Waals surface area (Å²) in [5, 5.41) is 36.1. The van der Waals surface area contributed by atoms with E-state index >= 15 is 0 Å². The lowest BCUT2D eigenvalue weighted by molar-refractivity contribution is -0.139. The molecule has 1 aromatic heterocycles. The molecule has 0 aromatic carbocycles. The Kier molecular flexibility index (Phi) is 3.60. The SMILES string of the molecule is N#Cc1csc(C=C(C(=O)O)C(=O)O)c1C#N. The predicted molar refractivity (Wildman–Crippen MR) is 57.0 cm³/mol.